The summed E-state index contributed by atoms with van der Waals surface area (Å²) in [6.07, 6.45) is 6.72. The number of urea groups is 1. The molecule has 0 aromatic rings. The third-order valence-corrected chi connectivity index (χ3v) is 6.34. The average molecular weight is 409 g/mol. The van der Waals surface area contributed by atoms with E-state index < -0.39 is 24.5 Å². The zero-order valence-corrected chi connectivity index (χ0v) is 17.0. The highest BCUT2D eigenvalue weighted by Gasteiger charge is 2.54. The van der Waals surface area contributed by atoms with Gasteiger partial charge in [-0.1, -0.05) is 0 Å². The Morgan fingerprint density at radius 1 is 0.931 bits per heavy atom. The van der Waals surface area contributed by atoms with Crippen LogP contribution < -0.4 is 16.0 Å². The monoisotopic (exact) mass is 409 g/mol. The number of carbonyl (C=O) groups is 4. The molecule has 0 unspecified atom stereocenters. The van der Waals surface area contributed by atoms with Crippen molar-refractivity contribution in [3.63, 3.8) is 0 Å². The van der Waals surface area contributed by atoms with Crippen LogP contribution >= 0.6 is 0 Å². The lowest BCUT2D eigenvalue weighted by molar-refractivity contribution is -0.149. The van der Waals surface area contributed by atoms with E-state index in [0.29, 0.717) is 24.4 Å². The molecule has 29 heavy (non-hydrogen) atoms. The van der Waals surface area contributed by atoms with Crippen molar-refractivity contribution >= 4 is 23.8 Å². The lowest BCUT2D eigenvalue weighted by atomic mass is 9.49. The Kier molecular flexibility index (Phi) is 7.10. The molecule has 3 N–H and O–H groups in total. The van der Waals surface area contributed by atoms with Crippen LogP contribution in [0.4, 0.5) is 4.79 Å². The largest absolute Gasteiger partial charge is 0.456 e. The van der Waals surface area contributed by atoms with E-state index in [1.807, 2.05) is 0 Å². The minimum atomic E-state index is -0.717. The molecule has 4 fully saturated rings. The summed E-state index contributed by atoms with van der Waals surface area (Å²) in [6, 6.07) is -0.675. The Morgan fingerprint density at radius 2 is 1.55 bits per heavy atom. The fraction of sp³-hybridized carbons (Fsp3) is 0.800. The van der Waals surface area contributed by atoms with Gasteiger partial charge in [0.1, 0.15) is 0 Å². The molecule has 0 aliphatic heterocycles. The van der Waals surface area contributed by atoms with Gasteiger partial charge in [0.25, 0.3) is 5.91 Å². The summed E-state index contributed by atoms with van der Waals surface area (Å²) in [6.45, 7) is 0.238. The van der Waals surface area contributed by atoms with Crippen LogP contribution in [0.2, 0.25) is 0 Å². The van der Waals surface area contributed by atoms with Gasteiger partial charge in [0.15, 0.2) is 6.61 Å². The molecule has 0 saturated heterocycles. The van der Waals surface area contributed by atoms with Crippen molar-refractivity contribution < 1.29 is 28.7 Å². The van der Waals surface area contributed by atoms with Gasteiger partial charge in [-0.05, 0) is 56.3 Å². The van der Waals surface area contributed by atoms with Gasteiger partial charge < -0.3 is 20.1 Å². The molecule has 4 saturated carbocycles. The van der Waals surface area contributed by atoms with Crippen LogP contribution in [0.1, 0.15) is 44.9 Å². The smallest absolute Gasteiger partial charge is 0.321 e. The summed E-state index contributed by atoms with van der Waals surface area (Å²) in [4.78, 5) is 47.6. The molecular weight excluding hydrogens is 378 g/mol. The van der Waals surface area contributed by atoms with Gasteiger partial charge >= 0.3 is 12.0 Å². The van der Waals surface area contributed by atoms with Gasteiger partial charge in [-0.25, -0.2) is 4.79 Å². The summed E-state index contributed by atoms with van der Waals surface area (Å²) in [7, 11) is 1.50. The molecule has 0 atom stereocenters. The molecule has 4 aliphatic rings. The molecule has 4 aliphatic carbocycles. The molecule has 4 rings (SSSR count). The van der Waals surface area contributed by atoms with Crippen LogP contribution in [0.3, 0.4) is 0 Å². The topological polar surface area (TPSA) is 123 Å². The molecule has 4 bridgehead atoms. The van der Waals surface area contributed by atoms with Crippen LogP contribution in [0.5, 0.6) is 0 Å². The molecule has 0 heterocycles. The van der Waals surface area contributed by atoms with Crippen LogP contribution in [-0.2, 0) is 23.9 Å². The van der Waals surface area contributed by atoms with E-state index >= 15 is 0 Å². The van der Waals surface area contributed by atoms with Crippen LogP contribution in [0, 0.1) is 23.2 Å². The Labute approximate surface area is 170 Å². The molecule has 0 aromatic heterocycles. The first-order valence-electron chi connectivity index (χ1n) is 10.4. The van der Waals surface area contributed by atoms with E-state index in [0.717, 1.165) is 19.3 Å². The van der Waals surface area contributed by atoms with Gasteiger partial charge in [0, 0.05) is 25.6 Å². The maximum absolute atomic E-state index is 12.8. The second-order valence-corrected chi connectivity index (χ2v) is 8.66. The number of hydrogen-bond acceptors (Lipinski definition) is 6. The number of nitrogens with one attached hydrogen (secondary N) is 3. The number of rotatable bonds is 9. The van der Waals surface area contributed by atoms with Gasteiger partial charge in [-0.3, -0.25) is 19.7 Å². The van der Waals surface area contributed by atoms with E-state index in [1.165, 1.54) is 26.4 Å². The molecule has 9 nitrogen and oxygen atoms in total. The van der Waals surface area contributed by atoms with E-state index in [2.05, 4.69) is 16.0 Å². The minimum Gasteiger partial charge on any atom is -0.456 e. The molecule has 9 heteroatoms. The normalized spacial score (nSPS) is 29.2. The molecule has 162 valence electrons. The van der Waals surface area contributed by atoms with Crippen LogP contribution in [-0.4, -0.2) is 57.2 Å². The van der Waals surface area contributed by atoms with Crippen molar-refractivity contribution in [2.24, 2.45) is 23.2 Å². The lowest BCUT2D eigenvalue weighted by Crippen LogP contribution is -2.53. The van der Waals surface area contributed by atoms with Crippen LogP contribution in [0.15, 0.2) is 0 Å². The van der Waals surface area contributed by atoms with E-state index in [9.17, 15) is 19.2 Å². The number of carbonyl (C=O) groups excluding carboxylic acids is 4. The average Bonchev–Trinajstić information content (AvgIpc) is 2.65. The third kappa shape index (κ3) is 5.68. The lowest BCUT2D eigenvalue weighted by Gasteiger charge is -2.55. The van der Waals surface area contributed by atoms with Gasteiger partial charge in [0.2, 0.25) is 5.91 Å². The molecule has 0 radical (unpaired) electrons. The molecule has 0 aromatic carbocycles. The number of hydrogen-bond donors (Lipinski definition) is 3. The van der Waals surface area contributed by atoms with Gasteiger partial charge in [-0.2, -0.15) is 0 Å². The fourth-order valence-electron chi connectivity index (χ4n) is 5.55. The zero-order chi connectivity index (χ0) is 20.9. The summed E-state index contributed by atoms with van der Waals surface area (Å²) in [5.74, 6) is 0.804. The van der Waals surface area contributed by atoms with Gasteiger partial charge in [-0.15, -0.1) is 0 Å². The van der Waals surface area contributed by atoms with E-state index in [4.69, 9.17) is 9.47 Å². The molecular formula is C20H31N3O6. The second-order valence-electron chi connectivity index (χ2n) is 8.66. The highest BCUT2D eigenvalue weighted by molar-refractivity contribution is 5.95. The zero-order valence-electron chi connectivity index (χ0n) is 17.0. The Bertz CT molecular complexity index is 615. The van der Waals surface area contributed by atoms with Gasteiger partial charge in [0.05, 0.1) is 13.0 Å². The predicted molar refractivity (Wildman–Crippen MR) is 103 cm³/mol. The molecule has 4 amide bonds. The van der Waals surface area contributed by atoms with Crippen molar-refractivity contribution in [2.75, 3.05) is 33.4 Å². The fourth-order valence-corrected chi connectivity index (χ4v) is 5.55. The minimum absolute atomic E-state index is 0.00851. The summed E-state index contributed by atoms with van der Waals surface area (Å²) >= 11 is 0. The van der Waals surface area contributed by atoms with Crippen molar-refractivity contribution in [2.45, 2.75) is 44.9 Å². The number of imide groups is 1. The van der Waals surface area contributed by atoms with Crippen molar-refractivity contribution in [1.29, 1.82) is 0 Å². The Morgan fingerprint density at radius 3 is 2.14 bits per heavy atom. The van der Waals surface area contributed by atoms with E-state index in [1.54, 1.807) is 0 Å². The SMILES string of the molecule is COCCNC(=O)NC(=O)COC(=O)CCNC(=O)C12CC3CC(CC(C3)C1)C2. The number of esters is 1. The highest BCUT2D eigenvalue weighted by atomic mass is 16.5. The van der Waals surface area contributed by atoms with Crippen molar-refractivity contribution in [3.05, 3.63) is 0 Å². The predicted octanol–water partition coefficient (Wildman–Crippen LogP) is 0.725. The number of ether oxygens (including phenoxy) is 2. The van der Waals surface area contributed by atoms with Crippen molar-refractivity contribution in [3.8, 4) is 0 Å². The maximum atomic E-state index is 12.8. The number of methoxy groups -OCH3 is 1. The standard InChI is InChI=1S/C20H31N3O6/c1-28-5-4-22-19(27)23-16(24)12-29-17(25)2-3-21-18(26)20-9-13-6-14(10-20)8-15(7-13)11-20/h13-15H,2-12H2,1H3,(H,21,26)(H2,22,23,24,27). The summed E-state index contributed by atoms with van der Waals surface area (Å²) in [5, 5.41) is 7.37. The quantitative estimate of drug-likeness (QED) is 0.381. The number of amides is 4. The Balaban J connectivity index is 1.30. The first-order chi connectivity index (χ1) is 13.9. The first-order valence-corrected chi connectivity index (χ1v) is 10.4. The second kappa shape index (κ2) is 9.56. The third-order valence-electron chi connectivity index (χ3n) is 6.34. The first kappa shape index (κ1) is 21.5. The Hall–Kier alpha value is -2.16. The summed E-state index contributed by atoms with van der Waals surface area (Å²) in [5.41, 5.74) is -0.241. The molecule has 0 spiro atoms. The maximum Gasteiger partial charge on any atom is 0.321 e. The van der Waals surface area contributed by atoms with Crippen LogP contribution in [0.25, 0.3) is 0 Å². The highest BCUT2D eigenvalue weighted by Crippen LogP contribution is 2.60. The van der Waals surface area contributed by atoms with E-state index in [-0.39, 0.29) is 30.8 Å². The van der Waals surface area contributed by atoms with Crippen molar-refractivity contribution in [1.82, 2.24) is 16.0 Å². The summed E-state index contributed by atoms with van der Waals surface area (Å²) < 4.78 is 9.63.